The molecule has 0 aliphatic rings. The lowest BCUT2D eigenvalue weighted by molar-refractivity contribution is 0.101. The quantitative estimate of drug-likeness (QED) is 0.616. The van der Waals surface area contributed by atoms with Crippen molar-refractivity contribution in [3.05, 3.63) is 21.5 Å². The van der Waals surface area contributed by atoms with E-state index in [9.17, 15) is 4.79 Å². The predicted molar refractivity (Wildman–Crippen MR) is 51.4 cm³/mol. The fraction of sp³-hybridized carbons (Fsp3) is 0.143. The van der Waals surface area contributed by atoms with E-state index >= 15 is 0 Å². The standard InChI is InChI=1S/C7H7IN2O/c1-4(11)7-6(9)2-5(8)3-10-7/h2-3H,9H2,1H3. The Morgan fingerprint density at radius 1 is 1.73 bits per heavy atom. The third-order valence-corrected chi connectivity index (χ3v) is 1.81. The van der Waals surface area contributed by atoms with Gasteiger partial charge in [0.2, 0.25) is 0 Å². The summed E-state index contributed by atoms with van der Waals surface area (Å²) in [6.45, 7) is 1.45. The number of anilines is 1. The molecule has 1 aromatic rings. The third kappa shape index (κ3) is 1.89. The molecular weight excluding hydrogens is 255 g/mol. The molecule has 0 atom stereocenters. The molecule has 1 aromatic heterocycles. The summed E-state index contributed by atoms with van der Waals surface area (Å²) < 4.78 is 0.935. The predicted octanol–water partition coefficient (Wildman–Crippen LogP) is 1.47. The van der Waals surface area contributed by atoms with E-state index in [1.165, 1.54) is 6.92 Å². The van der Waals surface area contributed by atoms with Gasteiger partial charge >= 0.3 is 0 Å². The zero-order chi connectivity index (χ0) is 8.43. The van der Waals surface area contributed by atoms with Gasteiger partial charge in [-0.05, 0) is 28.7 Å². The van der Waals surface area contributed by atoms with E-state index in [-0.39, 0.29) is 5.78 Å². The number of carbonyl (C=O) groups is 1. The lowest BCUT2D eigenvalue weighted by Crippen LogP contribution is -2.02. The van der Waals surface area contributed by atoms with E-state index in [0.717, 1.165) is 3.57 Å². The number of rotatable bonds is 1. The fourth-order valence-electron chi connectivity index (χ4n) is 0.749. The lowest BCUT2D eigenvalue weighted by atomic mass is 10.2. The van der Waals surface area contributed by atoms with Gasteiger partial charge in [-0.3, -0.25) is 4.79 Å². The van der Waals surface area contributed by atoms with Crippen molar-refractivity contribution in [2.75, 3.05) is 5.73 Å². The molecule has 4 heteroatoms. The maximum Gasteiger partial charge on any atom is 0.180 e. The Hall–Kier alpha value is -0.650. The molecule has 3 nitrogen and oxygen atoms in total. The minimum absolute atomic E-state index is 0.0982. The maximum atomic E-state index is 10.8. The molecule has 0 amide bonds. The number of nitrogens with zero attached hydrogens (tertiary/aromatic N) is 1. The molecule has 1 heterocycles. The van der Waals surface area contributed by atoms with Crippen LogP contribution in [0.2, 0.25) is 0 Å². The number of hydrogen-bond donors (Lipinski definition) is 1. The van der Waals surface area contributed by atoms with E-state index in [4.69, 9.17) is 5.73 Å². The third-order valence-electron chi connectivity index (χ3n) is 1.22. The van der Waals surface area contributed by atoms with Crippen LogP contribution in [-0.2, 0) is 0 Å². The monoisotopic (exact) mass is 262 g/mol. The van der Waals surface area contributed by atoms with E-state index in [1.54, 1.807) is 12.3 Å². The molecular formula is C7H7IN2O. The number of pyridine rings is 1. The summed E-state index contributed by atoms with van der Waals surface area (Å²) in [5.41, 5.74) is 6.33. The summed E-state index contributed by atoms with van der Waals surface area (Å²) in [7, 11) is 0. The second-order valence-electron chi connectivity index (χ2n) is 2.15. The van der Waals surface area contributed by atoms with Gasteiger partial charge in [0.25, 0.3) is 0 Å². The Morgan fingerprint density at radius 2 is 2.36 bits per heavy atom. The topological polar surface area (TPSA) is 56.0 Å². The van der Waals surface area contributed by atoms with Crippen molar-refractivity contribution in [3.8, 4) is 0 Å². The Kier molecular flexibility index (Phi) is 2.43. The normalized spacial score (nSPS) is 9.64. The number of halogens is 1. The van der Waals surface area contributed by atoms with Crippen LogP contribution in [0, 0.1) is 3.57 Å². The Labute approximate surface area is 78.1 Å². The van der Waals surface area contributed by atoms with Crippen molar-refractivity contribution in [2.24, 2.45) is 0 Å². The van der Waals surface area contributed by atoms with Crippen LogP contribution in [-0.4, -0.2) is 10.8 Å². The lowest BCUT2D eigenvalue weighted by Gasteiger charge is -1.99. The molecule has 0 bridgehead atoms. The van der Waals surface area contributed by atoms with Crippen LogP contribution in [0.3, 0.4) is 0 Å². The van der Waals surface area contributed by atoms with Crippen molar-refractivity contribution in [2.45, 2.75) is 6.92 Å². The molecule has 0 spiro atoms. The molecule has 0 aliphatic heterocycles. The van der Waals surface area contributed by atoms with Gasteiger partial charge in [-0.15, -0.1) is 0 Å². The minimum atomic E-state index is -0.0982. The van der Waals surface area contributed by atoms with Gasteiger partial charge in [-0.1, -0.05) is 0 Å². The van der Waals surface area contributed by atoms with Crippen LogP contribution in [0.1, 0.15) is 17.4 Å². The SMILES string of the molecule is CC(=O)c1ncc(I)cc1N. The maximum absolute atomic E-state index is 10.8. The molecule has 2 N–H and O–H groups in total. The van der Waals surface area contributed by atoms with Crippen LogP contribution in [0.5, 0.6) is 0 Å². The summed E-state index contributed by atoms with van der Waals surface area (Å²) in [5, 5.41) is 0. The molecule has 11 heavy (non-hydrogen) atoms. The molecule has 0 aromatic carbocycles. The summed E-state index contributed by atoms with van der Waals surface area (Å²) in [6, 6.07) is 1.73. The van der Waals surface area contributed by atoms with Gasteiger partial charge < -0.3 is 5.73 Å². The second-order valence-corrected chi connectivity index (χ2v) is 3.39. The van der Waals surface area contributed by atoms with Gasteiger partial charge in [0, 0.05) is 16.7 Å². The van der Waals surface area contributed by atoms with Crippen LogP contribution < -0.4 is 5.73 Å². The smallest absolute Gasteiger partial charge is 0.180 e. The summed E-state index contributed by atoms with van der Waals surface area (Å²) in [6.07, 6.45) is 1.62. The zero-order valence-corrected chi connectivity index (χ0v) is 8.12. The van der Waals surface area contributed by atoms with Crippen LogP contribution in [0.15, 0.2) is 12.3 Å². The summed E-state index contributed by atoms with van der Waals surface area (Å²) in [4.78, 5) is 14.7. The first kappa shape index (κ1) is 8.45. The van der Waals surface area contributed by atoms with Gasteiger partial charge in [0.1, 0.15) is 5.69 Å². The highest BCUT2D eigenvalue weighted by Crippen LogP contribution is 2.12. The Morgan fingerprint density at radius 3 is 2.82 bits per heavy atom. The molecule has 0 saturated carbocycles. The number of Topliss-reactive ketones (excluding diaryl/α,β-unsaturated/α-hetero) is 1. The Bertz CT molecular complexity index is 298. The number of hydrogen-bond acceptors (Lipinski definition) is 3. The van der Waals surface area contributed by atoms with Crippen LogP contribution >= 0.6 is 22.6 Å². The zero-order valence-electron chi connectivity index (χ0n) is 5.97. The molecule has 1 rings (SSSR count). The van der Waals surface area contributed by atoms with Crippen molar-refractivity contribution >= 4 is 34.1 Å². The van der Waals surface area contributed by atoms with E-state index in [1.807, 2.05) is 0 Å². The van der Waals surface area contributed by atoms with Gasteiger partial charge in [-0.25, -0.2) is 4.98 Å². The van der Waals surface area contributed by atoms with Crippen molar-refractivity contribution in [1.29, 1.82) is 0 Å². The van der Waals surface area contributed by atoms with Gasteiger partial charge in [0.15, 0.2) is 5.78 Å². The first-order valence-electron chi connectivity index (χ1n) is 3.03. The molecule has 0 aliphatic carbocycles. The number of nitrogen functional groups attached to an aromatic ring is 1. The summed E-state index contributed by atoms with van der Waals surface area (Å²) in [5.74, 6) is -0.0982. The fourth-order valence-corrected chi connectivity index (χ4v) is 1.22. The number of carbonyl (C=O) groups excluding carboxylic acids is 1. The molecule has 0 radical (unpaired) electrons. The minimum Gasteiger partial charge on any atom is -0.397 e. The molecule has 0 saturated heterocycles. The molecule has 0 fully saturated rings. The Balaban J connectivity index is 3.20. The largest absolute Gasteiger partial charge is 0.397 e. The van der Waals surface area contributed by atoms with Crippen molar-refractivity contribution in [3.63, 3.8) is 0 Å². The van der Waals surface area contributed by atoms with Crippen molar-refractivity contribution in [1.82, 2.24) is 4.98 Å². The first-order valence-corrected chi connectivity index (χ1v) is 4.11. The average molecular weight is 262 g/mol. The van der Waals surface area contributed by atoms with E-state index in [2.05, 4.69) is 27.6 Å². The highest BCUT2D eigenvalue weighted by Gasteiger charge is 2.05. The number of nitrogens with two attached hydrogens (primary N) is 1. The van der Waals surface area contributed by atoms with Gasteiger partial charge in [0.05, 0.1) is 5.69 Å². The average Bonchev–Trinajstić information content (AvgIpc) is 1.85. The highest BCUT2D eigenvalue weighted by molar-refractivity contribution is 14.1. The van der Waals surface area contributed by atoms with E-state index in [0.29, 0.717) is 11.4 Å². The van der Waals surface area contributed by atoms with Gasteiger partial charge in [-0.2, -0.15) is 0 Å². The number of ketones is 1. The molecule has 0 unspecified atom stereocenters. The van der Waals surface area contributed by atoms with Crippen LogP contribution in [0.4, 0.5) is 5.69 Å². The first-order chi connectivity index (χ1) is 5.11. The molecule has 58 valence electrons. The highest BCUT2D eigenvalue weighted by atomic mass is 127. The van der Waals surface area contributed by atoms with E-state index < -0.39 is 0 Å². The van der Waals surface area contributed by atoms with Crippen molar-refractivity contribution < 1.29 is 4.79 Å². The van der Waals surface area contributed by atoms with Crippen LogP contribution in [0.25, 0.3) is 0 Å². The summed E-state index contributed by atoms with van der Waals surface area (Å²) >= 11 is 2.09. The second kappa shape index (κ2) is 3.17. The number of aromatic nitrogens is 1.